The molecule has 0 radical (unpaired) electrons. The number of hydrogen-bond donors (Lipinski definition) is 2. The van der Waals surface area contributed by atoms with E-state index in [4.69, 9.17) is 4.74 Å². The monoisotopic (exact) mass is 617 g/mol. The maximum atomic E-state index is 14.3. The number of ether oxygens (including phenoxy) is 1. The highest BCUT2D eigenvalue weighted by atomic mass is 16.5. The SMILES string of the molecule is CCCCCn1c(=O)c(NC(=O)Nc2c(C(C)C)cccc2C(C)C)c(-c2cccc(OCc3ccncc3)c2)c2cccnc21. The molecular formula is C38H43N5O3. The van der Waals surface area contributed by atoms with Crippen molar-refractivity contribution in [2.45, 2.75) is 78.9 Å². The lowest BCUT2D eigenvalue weighted by Crippen LogP contribution is -2.30. The van der Waals surface area contributed by atoms with Crippen LogP contribution in [0.2, 0.25) is 0 Å². The van der Waals surface area contributed by atoms with Crippen molar-refractivity contribution in [3.8, 4) is 16.9 Å². The number of nitrogens with zero attached hydrogens (tertiary/aromatic N) is 3. The first-order valence-corrected chi connectivity index (χ1v) is 16.1. The normalized spacial score (nSPS) is 11.3. The second-order valence-electron chi connectivity index (χ2n) is 12.2. The Morgan fingerprint density at radius 1 is 0.848 bits per heavy atom. The molecule has 0 spiro atoms. The summed E-state index contributed by atoms with van der Waals surface area (Å²) >= 11 is 0. The Bertz CT molecular complexity index is 1840. The molecule has 8 nitrogen and oxygen atoms in total. The molecule has 3 heterocycles. The number of pyridine rings is 3. The minimum atomic E-state index is -0.471. The van der Waals surface area contributed by atoms with Crippen molar-refractivity contribution in [2.24, 2.45) is 0 Å². The number of hydrogen-bond acceptors (Lipinski definition) is 5. The van der Waals surface area contributed by atoms with Crippen LogP contribution in [0.15, 0.2) is 90.1 Å². The van der Waals surface area contributed by atoms with E-state index in [0.29, 0.717) is 30.1 Å². The molecule has 238 valence electrons. The van der Waals surface area contributed by atoms with Crippen LogP contribution in [-0.2, 0) is 13.2 Å². The van der Waals surface area contributed by atoms with Gasteiger partial charge in [-0.05, 0) is 76.9 Å². The zero-order valence-corrected chi connectivity index (χ0v) is 27.3. The number of urea groups is 1. The fourth-order valence-corrected chi connectivity index (χ4v) is 5.76. The zero-order chi connectivity index (χ0) is 32.6. The van der Waals surface area contributed by atoms with Crippen molar-refractivity contribution in [2.75, 3.05) is 10.6 Å². The summed E-state index contributed by atoms with van der Waals surface area (Å²) in [6.45, 7) is 11.4. The number of para-hydroxylation sites is 1. The molecule has 2 amide bonds. The molecule has 46 heavy (non-hydrogen) atoms. The van der Waals surface area contributed by atoms with Gasteiger partial charge in [-0.1, -0.05) is 77.8 Å². The lowest BCUT2D eigenvalue weighted by molar-refractivity contribution is 0.262. The van der Waals surface area contributed by atoms with Gasteiger partial charge in [0.1, 0.15) is 23.7 Å². The minimum absolute atomic E-state index is 0.196. The highest BCUT2D eigenvalue weighted by Crippen LogP contribution is 2.36. The molecule has 3 aromatic heterocycles. The van der Waals surface area contributed by atoms with E-state index in [1.165, 1.54) is 0 Å². The van der Waals surface area contributed by atoms with Gasteiger partial charge in [-0.25, -0.2) is 9.78 Å². The Kier molecular flexibility index (Phi) is 10.5. The Labute approximate surface area is 270 Å². The number of anilines is 2. The van der Waals surface area contributed by atoms with Crippen LogP contribution < -0.4 is 20.9 Å². The zero-order valence-electron chi connectivity index (χ0n) is 27.3. The second kappa shape index (κ2) is 14.9. The summed E-state index contributed by atoms with van der Waals surface area (Å²) in [6, 6.07) is 20.9. The van der Waals surface area contributed by atoms with Gasteiger partial charge >= 0.3 is 6.03 Å². The standard InChI is InChI=1S/C38H43N5O3/c1-6-7-8-22-43-36-32(16-11-19-40-36)33(28-12-9-13-29(23-28)46-24-27-17-20-39-21-18-27)35(37(43)44)42-38(45)41-34-30(25(2)3)14-10-15-31(34)26(4)5/h9-21,23,25-26H,6-8,22,24H2,1-5H3,(H2,41,42,45). The fourth-order valence-electron chi connectivity index (χ4n) is 5.76. The molecule has 2 aromatic carbocycles. The number of aryl methyl sites for hydroxylation is 1. The van der Waals surface area contributed by atoms with Gasteiger partial charge < -0.3 is 15.4 Å². The smallest absolute Gasteiger partial charge is 0.323 e. The Hall–Kier alpha value is -4.98. The van der Waals surface area contributed by atoms with E-state index < -0.39 is 6.03 Å². The van der Waals surface area contributed by atoms with E-state index in [2.05, 4.69) is 55.2 Å². The van der Waals surface area contributed by atoms with Gasteiger partial charge in [-0.2, -0.15) is 0 Å². The molecule has 5 rings (SSSR count). The summed E-state index contributed by atoms with van der Waals surface area (Å²) in [5.74, 6) is 1.03. The summed E-state index contributed by atoms with van der Waals surface area (Å²) in [6.07, 6.45) is 7.99. The highest BCUT2D eigenvalue weighted by molar-refractivity contribution is 6.07. The molecule has 0 saturated carbocycles. The average Bonchev–Trinajstić information content (AvgIpc) is 3.06. The van der Waals surface area contributed by atoms with Crippen molar-refractivity contribution in [3.63, 3.8) is 0 Å². The summed E-state index contributed by atoms with van der Waals surface area (Å²) in [5, 5.41) is 6.89. The minimum Gasteiger partial charge on any atom is -0.489 e. The fraction of sp³-hybridized carbons (Fsp3) is 0.316. The number of carbonyl (C=O) groups is 1. The van der Waals surface area contributed by atoms with E-state index in [-0.39, 0.29) is 23.1 Å². The van der Waals surface area contributed by atoms with E-state index in [1.54, 1.807) is 23.2 Å². The number of carbonyl (C=O) groups excluding carboxylic acids is 1. The number of nitrogens with one attached hydrogen (secondary N) is 2. The van der Waals surface area contributed by atoms with Crippen LogP contribution in [0.25, 0.3) is 22.2 Å². The first-order valence-electron chi connectivity index (χ1n) is 16.1. The van der Waals surface area contributed by atoms with Crippen LogP contribution in [0.1, 0.15) is 82.4 Å². The van der Waals surface area contributed by atoms with Crippen LogP contribution in [0.3, 0.4) is 0 Å². The topological polar surface area (TPSA) is 98.1 Å². The van der Waals surface area contributed by atoms with Crippen molar-refractivity contribution in [3.05, 3.63) is 112 Å². The first-order chi connectivity index (χ1) is 22.3. The number of benzene rings is 2. The summed E-state index contributed by atoms with van der Waals surface area (Å²) in [7, 11) is 0. The van der Waals surface area contributed by atoms with Crippen LogP contribution in [0.4, 0.5) is 16.2 Å². The number of unbranched alkanes of at least 4 members (excludes halogenated alkanes) is 2. The van der Waals surface area contributed by atoms with Crippen molar-refractivity contribution >= 4 is 28.4 Å². The molecule has 0 bridgehead atoms. The Balaban J connectivity index is 1.61. The van der Waals surface area contributed by atoms with Gasteiger partial charge in [-0.3, -0.25) is 14.3 Å². The lowest BCUT2D eigenvalue weighted by Gasteiger charge is -2.22. The van der Waals surface area contributed by atoms with Crippen LogP contribution in [-0.4, -0.2) is 20.6 Å². The van der Waals surface area contributed by atoms with Gasteiger partial charge in [0.2, 0.25) is 0 Å². The highest BCUT2D eigenvalue weighted by Gasteiger charge is 2.23. The van der Waals surface area contributed by atoms with Crippen LogP contribution >= 0.6 is 0 Å². The molecule has 0 aliphatic rings. The quantitative estimate of drug-likeness (QED) is 0.136. The molecule has 0 aliphatic heterocycles. The van der Waals surface area contributed by atoms with Gasteiger partial charge in [0, 0.05) is 41.8 Å². The number of rotatable bonds is 12. The number of amides is 2. The Morgan fingerprint density at radius 2 is 1.54 bits per heavy atom. The molecular weight excluding hydrogens is 574 g/mol. The van der Waals surface area contributed by atoms with Crippen molar-refractivity contribution < 1.29 is 9.53 Å². The van der Waals surface area contributed by atoms with Gasteiger partial charge in [0.25, 0.3) is 5.56 Å². The van der Waals surface area contributed by atoms with Crippen molar-refractivity contribution in [1.82, 2.24) is 14.5 Å². The lowest BCUT2D eigenvalue weighted by atomic mass is 9.93. The molecule has 2 N–H and O–H groups in total. The maximum Gasteiger partial charge on any atom is 0.323 e. The van der Waals surface area contributed by atoms with E-state index in [9.17, 15) is 9.59 Å². The van der Waals surface area contributed by atoms with Gasteiger partial charge in [-0.15, -0.1) is 0 Å². The third kappa shape index (κ3) is 7.28. The molecule has 5 aromatic rings. The van der Waals surface area contributed by atoms with Crippen LogP contribution in [0.5, 0.6) is 5.75 Å². The van der Waals surface area contributed by atoms with Gasteiger partial charge in [0.15, 0.2) is 0 Å². The van der Waals surface area contributed by atoms with Crippen molar-refractivity contribution in [1.29, 1.82) is 0 Å². The van der Waals surface area contributed by atoms with E-state index in [1.807, 2.05) is 66.7 Å². The number of aromatic nitrogens is 3. The predicted molar refractivity (Wildman–Crippen MR) is 187 cm³/mol. The molecule has 8 heteroatoms. The average molecular weight is 618 g/mol. The second-order valence-corrected chi connectivity index (χ2v) is 12.2. The summed E-state index contributed by atoms with van der Waals surface area (Å²) in [5.41, 5.74) is 5.69. The molecule has 0 aliphatic carbocycles. The first kappa shape index (κ1) is 32.4. The maximum absolute atomic E-state index is 14.3. The summed E-state index contributed by atoms with van der Waals surface area (Å²) < 4.78 is 7.82. The van der Waals surface area contributed by atoms with Crippen LogP contribution in [0, 0.1) is 0 Å². The molecule has 0 atom stereocenters. The Morgan fingerprint density at radius 3 is 2.24 bits per heavy atom. The molecule has 0 saturated heterocycles. The predicted octanol–water partition coefficient (Wildman–Crippen LogP) is 9.12. The molecule has 0 fully saturated rings. The largest absolute Gasteiger partial charge is 0.489 e. The van der Waals surface area contributed by atoms with Gasteiger partial charge in [0.05, 0.1) is 0 Å². The van der Waals surface area contributed by atoms with E-state index in [0.717, 1.165) is 52.6 Å². The summed E-state index contributed by atoms with van der Waals surface area (Å²) in [4.78, 5) is 37.0. The third-order valence-corrected chi connectivity index (χ3v) is 8.13. The molecule has 0 unspecified atom stereocenters. The number of fused-ring (bicyclic) bond motifs is 1. The van der Waals surface area contributed by atoms with E-state index >= 15 is 0 Å². The third-order valence-electron chi connectivity index (χ3n) is 8.13.